The Labute approximate surface area is 183 Å². The number of nitrogens with one attached hydrogen (secondary N) is 2. The van der Waals surface area contributed by atoms with Gasteiger partial charge in [0.2, 0.25) is 0 Å². The number of aromatic nitrogens is 4. The van der Waals surface area contributed by atoms with Crippen molar-refractivity contribution in [3.63, 3.8) is 0 Å². The zero-order chi connectivity index (χ0) is 22.8. The summed E-state index contributed by atoms with van der Waals surface area (Å²) in [6.45, 7) is 1.59. The number of anilines is 1. The molecule has 2 aromatic heterocycles. The van der Waals surface area contributed by atoms with E-state index in [0.29, 0.717) is 23.3 Å². The van der Waals surface area contributed by atoms with Crippen LogP contribution in [0.1, 0.15) is 29.9 Å². The van der Waals surface area contributed by atoms with Gasteiger partial charge in [-0.05, 0) is 31.2 Å². The Hall–Kier alpha value is -3.36. The molecule has 0 aliphatic carbocycles. The SMILES string of the molecule is CC(NC(=O)Nc1cc(C(F)(F)F)c(Cl)cc1Cl)c1ncnn1-c1ccc(C#N)cn1. The number of pyridine rings is 1. The molecule has 2 amide bonds. The van der Waals surface area contributed by atoms with Crippen molar-refractivity contribution in [2.75, 3.05) is 5.32 Å². The number of hydrogen-bond acceptors (Lipinski definition) is 5. The molecular formula is C18H12Cl2F3N7O. The fourth-order valence-corrected chi connectivity index (χ4v) is 3.12. The van der Waals surface area contributed by atoms with E-state index in [1.54, 1.807) is 19.1 Å². The molecule has 0 spiro atoms. The Morgan fingerprint density at radius 3 is 2.58 bits per heavy atom. The van der Waals surface area contributed by atoms with E-state index in [2.05, 4.69) is 25.7 Å². The van der Waals surface area contributed by atoms with Crippen molar-refractivity contribution in [1.29, 1.82) is 5.26 Å². The molecule has 160 valence electrons. The van der Waals surface area contributed by atoms with Gasteiger partial charge in [0.05, 0.1) is 32.9 Å². The van der Waals surface area contributed by atoms with E-state index in [0.717, 1.165) is 6.07 Å². The number of hydrogen-bond donors (Lipinski definition) is 2. The van der Waals surface area contributed by atoms with Crippen LogP contribution in [-0.2, 0) is 6.18 Å². The van der Waals surface area contributed by atoms with E-state index in [-0.39, 0.29) is 10.7 Å². The Morgan fingerprint density at radius 2 is 1.97 bits per heavy atom. The van der Waals surface area contributed by atoms with Crippen molar-refractivity contribution in [2.24, 2.45) is 0 Å². The third-order valence-electron chi connectivity index (χ3n) is 4.01. The first-order valence-corrected chi connectivity index (χ1v) is 9.26. The van der Waals surface area contributed by atoms with Gasteiger partial charge in [0.1, 0.15) is 12.4 Å². The lowest BCUT2D eigenvalue weighted by Gasteiger charge is -2.17. The van der Waals surface area contributed by atoms with Crippen molar-refractivity contribution < 1.29 is 18.0 Å². The van der Waals surface area contributed by atoms with Gasteiger partial charge in [0.15, 0.2) is 11.6 Å². The van der Waals surface area contributed by atoms with Crippen molar-refractivity contribution in [2.45, 2.75) is 19.1 Å². The second-order valence-corrected chi connectivity index (χ2v) is 6.99. The predicted molar refractivity (Wildman–Crippen MR) is 106 cm³/mol. The number of halogens is 5. The molecule has 0 saturated carbocycles. The maximum absolute atomic E-state index is 13.0. The smallest absolute Gasteiger partial charge is 0.328 e. The number of urea groups is 1. The van der Waals surface area contributed by atoms with Gasteiger partial charge in [-0.15, -0.1) is 0 Å². The summed E-state index contributed by atoms with van der Waals surface area (Å²) in [5, 5.41) is 17.0. The summed E-state index contributed by atoms with van der Waals surface area (Å²) in [5.41, 5.74) is -1.04. The molecule has 0 bridgehead atoms. The Kier molecular flexibility index (Phi) is 6.33. The summed E-state index contributed by atoms with van der Waals surface area (Å²) < 4.78 is 40.5. The molecule has 3 aromatic rings. The molecule has 3 rings (SSSR count). The zero-order valence-corrected chi connectivity index (χ0v) is 17.1. The molecule has 8 nitrogen and oxygen atoms in total. The number of nitriles is 1. The van der Waals surface area contributed by atoms with Crippen LogP contribution < -0.4 is 10.6 Å². The highest BCUT2D eigenvalue weighted by Crippen LogP contribution is 2.39. The number of benzene rings is 1. The quantitative estimate of drug-likeness (QED) is 0.573. The fourth-order valence-electron chi connectivity index (χ4n) is 2.58. The molecule has 13 heteroatoms. The second-order valence-electron chi connectivity index (χ2n) is 6.18. The van der Waals surface area contributed by atoms with E-state index in [1.165, 1.54) is 17.2 Å². The lowest BCUT2D eigenvalue weighted by molar-refractivity contribution is -0.137. The molecule has 0 fully saturated rings. The number of carbonyl (C=O) groups excluding carboxylic acids is 1. The van der Waals surface area contributed by atoms with Gasteiger partial charge >= 0.3 is 12.2 Å². The molecule has 2 N–H and O–H groups in total. The topological polar surface area (TPSA) is 109 Å². The van der Waals surface area contributed by atoms with Crippen LogP contribution in [0.5, 0.6) is 0 Å². The van der Waals surface area contributed by atoms with Crippen LogP contribution in [0.2, 0.25) is 10.0 Å². The average Bonchev–Trinajstić information content (AvgIpc) is 3.19. The van der Waals surface area contributed by atoms with Gasteiger partial charge in [-0.25, -0.2) is 14.8 Å². The second kappa shape index (κ2) is 8.79. The van der Waals surface area contributed by atoms with Gasteiger partial charge < -0.3 is 10.6 Å². The lowest BCUT2D eigenvalue weighted by atomic mass is 10.2. The van der Waals surface area contributed by atoms with E-state index in [4.69, 9.17) is 28.5 Å². The zero-order valence-electron chi connectivity index (χ0n) is 15.6. The number of rotatable bonds is 4. The molecule has 2 heterocycles. The van der Waals surface area contributed by atoms with Crippen LogP contribution in [-0.4, -0.2) is 25.8 Å². The molecule has 1 atom stereocenters. The van der Waals surface area contributed by atoms with Crippen LogP contribution in [0.25, 0.3) is 5.82 Å². The van der Waals surface area contributed by atoms with Gasteiger partial charge in [-0.3, -0.25) is 0 Å². The van der Waals surface area contributed by atoms with Gasteiger partial charge in [-0.2, -0.15) is 28.2 Å². The van der Waals surface area contributed by atoms with Crippen LogP contribution in [0.3, 0.4) is 0 Å². The Morgan fingerprint density at radius 1 is 1.23 bits per heavy atom. The number of nitrogens with zero attached hydrogens (tertiary/aromatic N) is 5. The molecule has 0 aliphatic rings. The molecular weight excluding hydrogens is 458 g/mol. The van der Waals surface area contributed by atoms with Crippen LogP contribution in [0.4, 0.5) is 23.7 Å². The molecule has 0 radical (unpaired) electrons. The average molecular weight is 470 g/mol. The third kappa shape index (κ3) is 5.04. The summed E-state index contributed by atoms with van der Waals surface area (Å²) >= 11 is 11.5. The summed E-state index contributed by atoms with van der Waals surface area (Å²) in [5.74, 6) is 0.654. The Bertz CT molecular complexity index is 1160. The molecule has 1 unspecified atom stereocenters. The molecule has 31 heavy (non-hydrogen) atoms. The largest absolute Gasteiger partial charge is 0.417 e. The molecule has 0 saturated heterocycles. The standard InChI is InChI=1S/C18H12Cl2F3N7O/c1-9(16-26-8-27-30(16)15-3-2-10(6-24)7-25-15)28-17(31)29-14-4-11(18(21,22)23)12(19)5-13(14)20/h2-5,7-9H,1H3,(H2,28,29,31). The summed E-state index contributed by atoms with van der Waals surface area (Å²) in [4.78, 5) is 20.5. The highest BCUT2D eigenvalue weighted by molar-refractivity contribution is 6.37. The van der Waals surface area contributed by atoms with Crippen LogP contribution in [0, 0.1) is 11.3 Å². The van der Waals surface area contributed by atoms with E-state index < -0.39 is 28.8 Å². The van der Waals surface area contributed by atoms with E-state index >= 15 is 0 Å². The highest BCUT2D eigenvalue weighted by atomic mass is 35.5. The minimum Gasteiger partial charge on any atom is -0.328 e. The first kappa shape index (κ1) is 22.3. The van der Waals surface area contributed by atoms with Crippen LogP contribution >= 0.6 is 23.2 Å². The van der Waals surface area contributed by atoms with Crippen molar-refractivity contribution in [3.05, 3.63) is 63.8 Å². The van der Waals surface area contributed by atoms with Gasteiger partial charge in [0, 0.05) is 6.20 Å². The summed E-state index contributed by atoms with van der Waals surface area (Å²) in [6.07, 6.45) is -2.12. The van der Waals surface area contributed by atoms with Gasteiger partial charge in [0.25, 0.3) is 0 Å². The van der Waals surface area contributed by atoms with Crippen LogP contribution in [0.15, 0.2) is 36.8 Å². The number of alkyl halides is 3. The maximum Gasteiger partial charge on any atom is 0.417 e. The number of carbonyl (C=O) groups is 1. The third-order valence-corrected chi connectivity index (χ3v) is 4.64. The lowest BCUT2D eigenvalue weighted by Crippen LogP contribution is -2.32. The number of amides is 2. The molecule has 0 aliphatic heterocycles. The first-order valence-electron chi connectivity index (χ1n) is 8.50. The summed E-state index contributed by atoms with van der Waals surface area (Å²) in [7, 11) is 0. The monoisotopic (exact) mass is 469 g/mol. The van der Waals surface area contributed by atoms with E-state index in [9.17, 15) is 18.0 Å². The first-order chi connectivity index (χ1) is 14.6. The fraction of sp³-hybridized carbons (Fsp3) is 0.167. The Balaban J connectivity index is 1.77. The minimum absolute atomic E-state index is 0.161. The normalized spacial score (nSPS) is 12.2. The van der Waals surface area contributed by atoms with Crippen molar-refractivity contribution in [3.8, 4) is 11.9 Å². The predicted octanol–water partition coefficient (Wildman–Crippen LogP) is 4.74. The van der Waals surface area contributed by atoms with Gasteiger partial charge in [-0.1, -0.05) is 23.2 Å². The van der Waals surface area contributed by atoms with E-state index in [1.807, 2.05) is 6.07 Å². The van der Waals surface area contributed by atoms with Crippen molar-refractivity contribution in [1.82, 2.24) is 25.1 Å². The summed E-state index contributed by atoms with van der Waals surface area (Å²) in [6, 6.07) is 5.05. The van der Waals surface area contributed by atoms with Crippen molar-refractivity contribution >= 4 is 34.9 Å². The molecule has 1 aromatic carbocycles. The highest BCUT2D eigenvalue weighted by Gasteiger charge is 2.34. The maximum atomic E-state index is 13.0. The minimum atomic E-state index is -4.72.